The van der Waals surface area contributed by atoms with Crippen molar-refractivity contribution in [3.8, 4) is 11.5 Å². The molecular weight excluding hydrogens is 499 g/mol. The van der Waals surface area contributed by atoms with Gasteiger partial charge in [0.25, 0.3) is 0 Å². The number of rotatable bonds is 8. The third kappa shape index (κ3) is 4.51. The average Bonchev–Trinajstić information content (AvgIpc) is 3.07. The van der Waals surface area contributed by atoms with Crippen LogP contribution in [-0.2, 0) is 28.0 Å². The second-order valence-electron chi connectivity index (χ2n) is 9.18. The lowest BCUT2D eigenvalue weighted by molar-refractivity contribution is -0.122. The van der Waals surface area contributed by atoms with Crippen LogP contribution < -0.4 is 20.1 Å². The van der Waals surface area contributed by atoms with Gasteiger partial charge in [-0.2, -0.15) is 0 Å². The van der Waals surface area contributed by atoms with Crippen LogP contribution in [0, 0.1) is 5.92 Å². The van der Waals surface area contributed by atoms with E-state index in [1.165, 1.54) is 0 Å². The molecule has 188 valence electrons. The van der Waals surface area contributed by atoms with Crippen LogP contribution in [0.5, 0.6) is 11.5 Å². The molecule has 2 atom stereocenters. The van der Waals surface area contributed by atoms with Crippen molar-refractivity contribution in [2.24, 2.45) is 11.7 Å². The summed E-state index contributed by atoms with van der Waals surface area (Å²) in [5.41, 5.74) is 8.23. The zero-order chi connectivity index (χ0) is 26.2. The van der Waals surface area contributed by atoms with Gasteiger partial charge < -0.3 is 20.1 Å². The number of ether oxygens (including phenoxy) is 2. The molecule has 0 saturated heterocycles. The van der Waals surface area contributed by atoms with E-state index in [1.54, 1.807) is 44.2 Å². The Bertz CT molecular complexity index is 1340. The number of carbonyl (C=O) groups is 2. The molecule has 0 saturated carbocycles. The van der Waals surface area contributed by atoms with Gasteiger partial charge in [0.05, 0.1) is 20.8 Å². The van der Waals surface area contributed by atoms with Gasteiger partial charge in [-0.05, 0) is 66.4 Å². The van der Waals surface area contributed by atoms with E-state index in [1.807, 2.05) is 43.3 Å². The number of halogens is 2. The first-order valence-electron chi connectivity index (χ1n) is 11.5. The molecule has 2 amide bonds. The van der Waals surface area contributed by atoms with Gasteiger partial charge in [0.2, 0.25) is 11.8 Å². The van der Waals surface area contributed by atoms with Crippen molar-refractivity contribution < 1.29 is 19.1 Å². The fourth-order valence-electron chi connectivity index (χ4n) is 4.75. The number of hydrogen-bond donors (Lipinski definition) is 1. The molecule has 1 aliphatic rings. The lowest BCUT2D eigenvalue weighted by Gasteiger charge is -2.27. The number of amides is 2. The van der Waals surface area contributed by atoms with E-state index in [2.05, 4.69) is 0 Å². The topological polar surface area (TPSA) is 81.9 Å². The van der Waals surface area contributed by atoms with Crippen molar-refractivity contribution in [2.75, 3.05) is 19.1 Å². The molecule has 0 radical (unpaired) electrons. The molecule has 2 unspecified atom stereocenters. The number of methoxy groups -OCH3 is 2. The summed E-state index contributed by atoms with van der Waals surface area (Å²) in [7, 11) is 3.17. The molecule has 3 aromatic carbocycles. The van der Waals surface area contributed by atoms with Crippen molar-refractivity contribution in [2.45, 2.75) is 32.2 Å². The van der Waals surface area contributed by atoms with Crippen LogP contribution in [0.15, 0.2) is 54.6 Å². The van der Waals surface area contributed by atoms with Gasteiger partial charge in [-0.15, -0.1) is 0 Å². The molecular formula is C28H28Cl2N2O4. The Hall–Kier alpha value is -3.22. The predicted molar refractivity (Wildman–Crippen MR) is 142 cm³/mol. The molecule has 0 bridgehead atoms. The summed E-state index contributed by atoms with van der Waals surface area (Å²) < 4.78 is 10.9. The Kier molecular flexibility index (Phi) is 7.21. The van der Waals surface area contributed by atoms with Crippen LogP contribution in [0.25, 0.3) is 0 Å². The summed E-state index contributed by atoms with van der Waals surface area (Å²) in [4.78, 5) is 27.6. The second kappa shape index (κ2) is 10.0. The number of benzene rings is 3. The van der Waals surface area contributed by atoms with Gasteiger partial charge >= 0.3 is 0 Å². The minimum atomic E-state index is -1.09. The zero-order valence-electron chi connectivity index (χ0n) is 20.6. The van der Waals surface area contributed by atoms with Crippen molar-refractivity contribution in [3.63, 3.8) is 0 Å². The lowest BCUT2D eigenvalue weighted by Crippen LogP contribution is -2.39. The maximum atomic E-state index is 14.2. The highest BCUT2D eigenvalue weighted by Gasteiger charge is 2.50. The normalized spacial score (nSPS) is 17.6. The number of nitrogens with two attached hydrogens (primary N) is 1. The van der Waals surface area contributed by atoms with Crippen LogP contribution in [0.2, 0.25) is 10.0 Å². The van der Waals surface area contributed by atoms with Crippen LogP contribution in [-0.4, -0.2) is 26.0 Å². The predicted octanol–water partition coefficient (Wildman–Crippen LogP) is 5.53. The van der Waals surface area contributed by atoms with Crippen LogP contribution >= 0.6 is 23.2 Å². The van der Waals surface area contributed by atoms with Crippen molar-refractivity contribution in [3.05, 3.63) is 86.9 Å². The smallest absolute Gasteiger partial charge is 0.242 e. The molecule has 3 aromatic rings. The van der Waals surface area contributed by atoms with E-state index in [0.29, 0.717) is 33.5 Å². The minimum Gasteiger partial charge on any atom is -0.497 e. The summed E-state index contributed by atoms with van der Waals surface area (Å²) in [5, 5.41) is 0.974. The van der Waals surface area contributed by atoms with Gasteiger partial charge in [-0.1, -0.05) is 42.3 Å². The van der Waals surface area contributed by atoms with Gasteiger partial charge in [-0.3, -0.25) is 9.59 Å². The molecule has 36 heavy (non-hydrogen) atoms. The number of hydrogen-bond acceptors (Lipinski definition) is 4. The van der Waals surface area contributed by atoms with Gasteiger partial charge in [-0.25, -0.2) is 0 Å². The van der Waals surface area contributed by atoms with Crippen molar-refractivity contribution >= 4 is 40.7 Å². The second-order valence-corrected chi connectivity index (χ2v) is 10.0. The van der Waals surface area contributed by atoms with E-state index >= 15 is 0 Å². The highest BCUT2D eigenvalue weighted by Crippen LogP contribution is 2.49. The third-order valence-electron chi connectivity index (χ3n) is 6.88. The van der Waals surface area contributed by atoms with Gasteiger partial charge in [0, 0.05) is 33.3 Å². The minimum absolute atomic E-state index is 0.139. The highest BCUT2D eigenvalue weighted by molar-refractivity contribution is 6.32. The molecule has 1 aliphatic heterocycles. The zero-order valence-corrected chi connectivity index (χ0v) is 22.1. The van der Waals surface area contributed by atoms with Crippen LogP contribution in [0.3, 0.4) is 0 Å². The summed E-state index contributed by atoms with van der Waals surface area (Å²) in [6.07, 6.45) is 0.443. The standard InChI is InChI=1S/C28H28Cl2N2O4/c1-16(26(31)33)11-17-5-9-23(30)21(12-17)28(2)22-13-19(29)7-10-24(22)32(27(28)34)15-18-6-8-20(35-3)14-25(18)36-4/h5-10,12-14,16H,11,15H2,1-4H3,(H2,31,33). The molecule has 0 aromatic heterocycles. The molecule has 0 spiro atoms. The molecule has 2 N–H and O–H groups in total. The molecule has 0 fully saturated rings. The van der Waals surface area contributed by atoms with Crippen molar-refractivity contribution in [1.82, 2.24) is 0 Å². The largest absolute Gasteiger partial charge is 0.497 e. The highest BCUT2D eigenvalue weighted by atomic mass is 35.5. The molecule has 0 aliphatic carbocycles. The number of fused-ring (bicyclic) bond motifs is 1. The molecule has 1 heterocycles. The van der Waals surface area contributed by atoms with E-state index < -0.39 is 5.41 Å². The van der Waals surface area contributed by atoms with Gasteiger partial charge in [0.15, 0.2) is 0 Å². The SMILES string of the molecule is COc1ccc(CN2C(=O)C(C)(c3cc(CC(C)C(N)=O)ccc3Cl)c3cc(Cl)ccc32)c(OC)c1. The first-order valence-corrected chi connectivity index (χ1v) is 12.3. The Morgan fingerprint density at radius 1 is 1.03 bits per heavy atom. The Labute approximate surface area is 220 Å². The summed E-state index contributed by atoms with van der Waals surface area (Å²) in [5.74, 6) is 0.402. The monoisotopic (exact) mass is 526 g/mol. The fraction of sp³-hybridized carbons (Fsp3) is 0.286. The van der Waals surface area contributed by atoms with E-state index in [4.69, 9.17) is 38.4 Å². The number of primary amides is 1. The first-order chi connectivity index (χ1) is 17.1. The van der Waals surface area contributed by atoms with E-state index in [-0.39, 0.29) is 24.3 Å². The summed E-state index contributed by atoms with van der Waals surface area (Å²) in [6, 6.07) is 16.4. The summed E-state index contributed by atoms with van der Waals surface area (Å²) >= 11 is 13.1. The average molecular weight is 527 g/mol. The Morgan fingerprint density at radius 2 is 1.78 bits per heavy atom. The first kappa shape index (κ1) is 25.9. The maximum absolute atomic E-state index is 14.2. The number of anilines is 1. The van der Waals surface area contributed by atoms with Crippen molar-refractivity contribution in [1.29, 1.82) is 0 Å². The third-order valence-corrected chi connectivity index (χ3v) is 7.45. The number of carbonyl (C=O) groups excluding carboxylic acids is 2. The van der Waals surface area contributed by atoms with E-state index in [0.717, 1.165) is 22.4 Å². The molecule has 4 rings (SSSR count). The van der Waals surface area contributed by atoms with Crippen LogP contribution in [0.4, 0.5) is 5.69 Å². The van der Waals surface area contributed by atoms with Crippen LogP contribution in [0.1, 0.15) is 36.1 Å². The summed E-state index contributed by atoms with van der Waals surface area (Å²) in [6.45, 7) is 3.92. The molecule has 8 heteroatoms. The molecule has 6 nitrogen and oxygen atoms in total. The van der Waals surface area contributed by atoms with Gasteiger partial charge in [0.1, 0.15) is 16.9 Å². The Balaban J connectivity index is 1.82. The fourth-order valence-corrected chi connectivity index (χ4v) is 5.22. The lowest BCUT2D eigenvalue weighted by atomic mass is 9.76. The number of nitrogens with zero attached hydrogens (tertiary/aromatic N) is 1. The maximum Gasteiger partial charge on any atom is 0.242 e. The quantitative estimate of drug-likeness (QED) is 0.418. The Morgan fingerprint density at radius 3 is 2.44 bits per heavy atom. The van der Waals surface area contributed by atoms with E-state index in [9.17, 15) is 9.59 Å².